The molecule has 1 aromatic carbocycles. The Morgan fingerprint density at radius 3 is 2.41 bits per heavy atom. The van der Waals surface area contributed by atoms with Gasteiger partial charge in [-0.25, -0.2) is 14.5 Å². The third-order valence-electron chi connectivity index (χ3n) is 4.20. The number of thiazole rings is 1. The normalized spacial score (nSPS) is 11.9. The molecule has 0 saturated carbocycles. The van der Waals surface area contributed by atoms with Gasteiger partial charge in [-0.2, -0.15) is 12.7 Å². The number of carbonyl (C=O) groups is 2. The van der Waals surface area contributed by atoms with E-state index in [1.165, 1.54) is 36.4 Å². The minimum absolute atomic E-state index is 0.0242. The van der Waals surface area contributed by atoms with Gasteiger partial charge >= 0.3 is 16.3 Å². The van der Waals surface area contributed by atoms with Crippen LogP contribution in [0.4, 0.5) is 4.79 Å². The molecule has 9 nitrogen and oxygen atoms in total. The molecule has 11 heteroatoms. The highest BCUT2D eigenvalue weighted by Crippen LogP contribution is 2.17. The fraction of sp³-hybridized carbons (Fsp3) is 0.476. The van der Waals surface area contributed by atoms with Crippen LogP contribution in [0.1, 0.15) is 48.3 Å². The molecule has 0 saturated heterocycles. The second-order valence-electron chi connectivity index (χ2n) is 8.34. The number of benzene rings is 1. The molecule has 2 aromatic rings. The van der Waals surface area contributed by atoms with Gasteiger partial charge in [-0.15, -0.1) is 11.3 Å². The molecule has 0 bridgehead atoms. The predicted molar refractivity (Wildman–Crippen MR) is 124 cm³/mol. The molecule has 1 N–H and O–H groups in total. The van der Waals surface area contributed by atoms with Crippen LogP contribution in [0.2, 0.25) is 0 Å². The fourth-order valence-corrected chi connectivity index (χ4v) is 3.90. The van der Waals surface area contributed by atoms with Gasteiger partial charge in [-0.05, 0) is 39.2 Å². The molecule has 32 heavy (non-hydrogen) atoms. The number of nitrogens with zero attached hydrogens (tertiary/aromatic N) is 3. The maximum absolute atomic E-state index is 12.7. The second kappa shape index (κ2) is 10.9. The predicted octanol–water partition coefficient (Wildman–Crippen LogP) is 3.05. The van der Waals surface area contributed by atoms with Gasteiger partial charge in [0, 0.05) is 26.0 Å². The Hall–Kier alpha value is -2.50. The van der Waals surface area contributed by atoms with Crippen LogP contribution in [0.25, 0.3) is 0 Å². The number of carbonyl (C=O) groups excluding carboxylic acids is 2. The Bertz CT molecular complexity index is 1010. The lowest BCUT2D eigenvalue weighted by Gasteiger charge is -2.27. The van der Waals surface area contributed by atoms with Crippen molar-refractivity contribution in [3.05, 3.63) is 52.0 Å². The molecular weight excluding hydrogens is 452 g/mol. The summed E-state index contributed by atoms with van der Waals surface area (Å²) in [5.41, 5.74) is 0.499. The number of ether oxygens (including phenoxy) is 1. The van der Waals surface area contributed by atoms with Gasteiger partial charge in [-0.3, -0.25) is 4.79 Å². The first-order valence-corrected chi connectivity index (χ1v) is 12.4. The number of aryl methyl sites for hydroxylation is 1. The number of aromatic nitrogens is 1. The summed E-state index contributed by atoms with van der Waals surface area (Å²) in [5.74, 6) is -0.825. The highest BCUT2D eigenvalue weighted by molar-refractivity contribution is 7.87. The topological polar surface area (TPSA) is 109 Å². The van der Waals surface area contributed by atoms with E-state index in [9.17, 15) is 18.0 Å². The highest BCUT2D eigenvalue weighted by Gasteiger charge is 2.24. The van der Waals surface area contributed by atoms with E-state index in [2.05, 4.69) is 4.98 Å². The van der Waals surface area contributed by atoms with Crippen LogP contribution in [-0.4, -0.2) is 60.8 Å². The molecular formula is C21H30N4O5S2. The summed E-state index contributed by atoms with van der Waals surface area (Å²) in [5, 5.41) is 1.97. The molecule has 0 radical (unpaired) electrons. The summed E-state index contributed by atoms with van der Waals surface area (Å²) in [4.78, 5) is 30.7. The molecule has 0 unspecified atom stereocenters. The van der Waals surface area contributed by atoms with Crippen molar-refractivity contribution in [2.75, 3.05) is 20.6 Å². The lowest BCUT2D eigenvalue weighted by atomic mass is 10.1. The molecule has 0 aliphatic rings. The third kappa shape index (κ3) is 8.21. The van der Waals surface area contributed by atoms with Gasteiger partial charge < -0.3 is 9.64 Å². The zero-order valence-electron chi connectivity index (χ0n) is 19.0. The van der Waals surface area contributed by atoms with Crippen LogP contribution in [0, 0.1) is 0 Å². The first kappa shape index (κ1) is 25.8. The van der Waals surface area contributed by atoms with Crippen molar-refractivity contribution in [2.45, 2.75) is 45.8 Å². The Balaban J connectivity index is 2.08. The number of hydrogen-bond donors (Lipinski definition) is 1. The molecule has 0 aliphatic carbocycles. The lowest BCUT2D eigenvalue weighted by molar-refractivity contribution is 0.0231. The lowest BCUT2D eigenvalue weighted by Crippen LogP contribution is -2.39. The number of rotatable bonds is 9. The molecule has 176 valence electrons. The van der Waals surface area contributed by atoms with Crippen molar-refractivity contribution in [1.29, 1.82) is 0 Å². The van der Waals surface area contributed by atoms with Crippen LogP contribution in [0.15, 0.2) is 35.7 Å². The summed E-state index contributed by atoms with van der Waals surface area (Å²) >= 11 is 1.18. The average Bonchev–Trinajstić information content (AvgIpc) is 3.15. The van der Waals surface area contributed by atoms with E-state index in [1.807, 2.05) is 35.1 Å². The standard InChI is InChI=1S/C21H30N4O5S2/c1-21(2,3)30-20(27)25(13-9-12-16-10-7-6-8-11-16)14-18-22-17(15-31-18)19(26)23-32(28,29)24(4)5/h6-8,10-11,15H,9,12-14H2,1-5H3,(H,23,26). The third-order valence-corrected chi connectivity index (χ3v) is 6.44. The Morgan fingerprint density at radius 1 is 1.16 bits per heavy atom. The number of hydrogen-bond acceptors (Lipinski definition) is 7. The highest BCUT2D eigenvalue weighted by atomic mass is 32.2. The SMILES string of the molecule is CN(C)S(=O)(=O)NC(=O)c1csc(CN(CCCc2ccccc2)C(=O)OC(C)(C)C)n1. The minimum atomic E-state index is -3.92. The van der Waals surface area contributed by atoms with Gasteiger partial charge in [0.25, 0.3) is 5.91 Å². The molecule has 0 aliphatic heterocycles. The van der Waals surface area contributed by atoms with Crippen molar-refractivity contribution >= 4 is 33.5 Å². The van der Waals surface area contributed by atoms with Crippen LogP contribution in [-0.2, 0) is 27.9 Å². The quantitative estimate of drug-likeness (QED) is 0.588. The van der Waals surface area contributed by atoms with E-state index < -0.39 is 27.8 Å². The zero-order chi connectivity index (χ0) is 23.9. The smallest absolute Gasteiger partial charge is 0.410 e. The Kier molecular flexibility index (Phi) is 8.76. The van der Waals surface area contributed by atoms with E-state index in [0.717, 1.165) is 17.1 Å². The molecule has 2 amide bonds. The Morgan fingerprint density at radius 2 is 1.81 bits per heavy atom. The van der Waals surface area contributed by atoms with Gasteiger partial charge in [0.15, 0.2) is 0 Å². The van der Waals surface area contributed by atoms with E-state index >= 15 is 0 Å². The first-order chi connectivity index (χ1) is 14.9. The number of nitrogens with one attached hydrogen (secondary N) is 1. The zero-order valence-corrected chi connectivity index (χ0v) is 20.6. The van der Waals surface area contributed by atoms with Crippen LogP contribution in [0.3, 0.4) is 0 Å². The van der Waals surface area contributed by atoms with Crippen molar-refractivity contribution in [3.63, 3.8) is 0 Å². The molecule has 0 spiro atoms. The van der Waals surface area contributed by atoms with E-state index in [-0.39, 0.29) is 12.2 Å². The van der Waals surface area contributed by atoms with Crippen molar-refractivity contribution in [3.8, 4) is 0 Å². The molecule has 1 heterocycles. The molecule has 1 aromatic heterocycles. The Labute approximate surface area is 193 Å². The fourth-order valence-electron chi connectivity index (χ4n) is 2.59. The monoisotopic (exact) mass is 482 g/mol. The van der Waals surface area contributed by atoms with Crippen LogP contribution >= 0.6 is 11.3 Å². The second-order valence-corrected chi connectivity index (χ2v) is 11.2. The van der Waals surface area contributed by atoms with E-state index in [4.69, 9.17) is 4.74 Å². The van der Waals surface area contributed by atoms with Crippen LogP contribution < -0.4 is 4.72 Å². The minimum Gasteiger partial charge on any atom is -0.444 e. The largest absolute Gasteiger partial charge is 0.444 e. The van der Waals surface area contributed by atoms with Gasteiger partial charge in [-0.1, -0.05) is 30.3 Å². The van der Waals surface area contributed by atoms with Crippen LogP contribution in [0.5, 0.6) is 0 Å². The average molecular weight is 483 g/mol. The molecule has 0 fully saturated rings. The summed E-state index contributed by atoms with van der Waals surface area (Å²) in [6, 6.07) is 9.96. The van der Waals surface area contributed by atoms with E-state index in [0.29, 0.717) is 11.6 Å². The number of amides is 2. The van der Waals surface area contributed by atoms with E-state index in [1.54, 1.807) is 25.7 Å². The van der Waals surface area contributed by atoms with Gasteiger partial charge in [0.1, 0.15) is 16.3 Å². The van der Waals surface area contributed by atoms with Gasteiger partial charge in [0.2, 0.25) is 0 Å². The van der Waals surface area contributed by atoms with Crippen molar-refractivity contribution < 1.29 is 22.7 Å². The maximum atomic E-state index is 12.7. The summed E-state index contributed by atoms with van der Waals surface area (Å²) in [7, 11) is -1.29. The first-order valence-electron chi connectivity index (χ1n) is 10.1. The van der Waals surface area contributed by atoms with Crippen molar-refractivity contribution in [2.24, 2.45) is 0 Å². The molecule has 0 atom stereocenters. The summed E-state index contributed by atoms with van der Waals surface area (Å²) in [6.07, 6.45) is 1.05. The summed E-state index contributed by atoms with van der Waals surface area (Å²) < 4.78 is 32.1. The van der Waals surface area contributed by atoms with Crippen molar-refractivity contribution in [1.82, 2.24) is 18.9 Å². The molecule has 2 rings (SSSR count). The summed E-state index contributed by atoms with van der Waals surface area (Å²) in [6.45, 7) is 5.99. The van der Waals surface area contributed by atoms with Gasteiger partial charge in [0.05, 0.1) is 6.54 Å². The maximum Gasteiger partial charge on any atom is 0.410 e.